The molecule has 0 spiro atoms. The highest BCUT2D eigenvalue weighted by Crippen LogP contribution is 2.44. The molecule has 0 saturated heterocycles. The molecule has 3 rings (SSSR count). The molecule has 0 bridgehead atoms. The molecule has 1 aromatic heterocycles. The molecule has 1 unspecified atom stereocenters. The molecular formula is C18H23NS. The molecule has 1 N–H and O–H groups in total. The van der Waals surface area contributed by atoms with Crippen molar-refractivity contribution in [3.63, 3.8) is 0 Å². The van der Waals surface area contributed by atoms with Crippen molar-refractivity contribution in [2.24, 2.45) is 5.92 Å². The molecule has 1 heterocycles. The third-order valence-electron chi connectivity index (χ3n) is 4.11. The molecule has 2 aromatic rings. The van der Waals surface area contributed by atoms with Gasteiger partial charge in [0.2, 0.25) is 0 Å². The largest absolute Gasteiger partial charge is 0.309 e. The van der Waals surface area contributed by atoms with E-state index in [1.807, 2.05) is 11.3 Å². The van der Waals surface area contributed by atoms with Crippen LogP contribution in [0, 0.1) is 19.8 Å². The molecule has 0 aliphatic heterocycles. The number of thiophene rings is 1. The topological polar surface area (TPSA) is 12.0 Å². The van der Waals surface area contributed by atoms with Gasteiger partial charge >= 0.3 is 0 Å². The molecule has 1 fully saturated rings. The molecular weight excluding hydrogens is 262 g/mol. The number of nitrogens with one attached hydrogen (secondary N) is 1. The normalized spacial score (nSPS) is 16.4. The second kappa shape index (κ2) is 5.71. The van der Waals surface area contributed by atoms with E-state index in [0.29, 0.717) is 6.04 Å². The summed E-state index contributed by atoms with van der Waals surface area (Å²) in [5, 5.41) is 3.66. The van der Waals surface area contributed by atoms with E-state index in [1.54, 1.807) is 0 Å². The van der Waals surface area contributed by atoms with E-state index in [9.17, 15) is 0 Å². The molecule has 1 saturated carbocycles. The van der Waals surface area contributed by atoms with Crippen LogP contribution < -0.4 is 5.32 Å². The monoisotopic (exact) mass is 285 g/mol. The summed E-state index contributed by atoms with van der Waals surface area (Å²) in [7, 11) is 0. The lowest BCUT2D eigenvalue weighted by Crippen LogP contribution is -2.21. The van der Waals surface area contributed by atoms with E-state index in [4.69, 9.17) is 0 Å². The maximum atomic E-state index is 3.66. The summed E-state index contributed by atoms with van der Waals surface area (Å²) in [6.07, 6.45) is 2.77. The van der Waals surface area contributed by atoms with E-state index in [0.717, 1.165) is 12.5 Å². The van der Waals surface area contributed by atoms with Crippen LogP contribution in [0.15, 0.2) is 30.3 Å². The Hall–Kier alpha value is -1.12. The Morgan fingerprint density at radius 3 is 2.70 bits per heavy atom. The molecule has 1 aromatic carbocycles. The van der Waals surface area contributed by atoms with Crippen LogP contribution in [0.5, 0.6) is 0 Å². The molecule has 1 nitrogen and oxygen atoms in total. The standard InChI is InChI=1S/C18H23NS/c1-4-19-18(14-7-8-14)17-10-9-16(20-17)15-11-12(2)5-6-13(15)3/h5-6,9-11,14,18-19H,4,7-8H2,1-3H3. The van der Waals surface area contributed by atoms with Crippen LogP contribution in [-0.4, -0.2) is 6.54 Å². The minimum atomic E-state index is 0.573. The fraction of sp³-hybridized carbons (Fsp3) is 0.444. The highest BCUT2D eigenvalue weighted by Gasteiger charge is 2.32. The van der Waals surface area contributed by atoms with Gasteiger partial charge < -0.3 is 5.32 Å². The van der Waals surface area contributed by atoms with E-state index in [2.05, 4.69) is 56.4 Å². The number of hydrogen-bond acceptors (Lipinski definition) is 2. The highest BCUT2D eigenvalue weighted by molar-refractivity contribution is 7.15. The van der Waals surface area contributed by atoms with Crippen molar-refractivity contribution < 1.29 is 0 Å². The first-order valence-corrected chi connectivity index (χ1v) is 8.41. The first-order valence-electron chi connectivity index (χ1n) is 7.59. The van der Waals surface area contributed by atoms with Gasteiger partial charge in [0.25, 0.3) is 0 Å². The predicted octanol–water partition coefficient (Wildman–Crippen LogP) is 5.09. The lowest BCUT2D eigenvalue weighted by Gasteiger charge is -2.15. The molecule has 1 atom stereocenters. The van der Waals surface area contributed by atoms with Gasteiger partial charge in [-0.3, -0.25) is 0 Å². The molecule has 1 aliphatic rings. The van der Waals surface area contributed by atoms with Crippen LogP contribution in [0.4, 0.5) is 0 Å². The maximum absolute atomic E-state index is 3.66. The first-order chi connectivity index (χ1) is 9.69. The van der Waals surface area contributed by atoms with Gasteiger partial charge in [-0.2, -0.15) is 0 Å². The van der Waals surface area contributed by atoms with Gasteiger partial charge in [-0.05, 0) is 62.4 Å². The number of rotatable bonds is 5. The number of benzene rings is 1. The summed E-state index contributed by atoms with van der Waals surface area (Å²) in [5.41, 5.74) is 4.11. The zero-order valence-electron chi connectivity index (χ0n) is 12.6. The smallest absolute Gasteiger partial charge is 0.0443 e. The molecule has 20 heavy (non-hydrogen) atoms. The van der Waals surface area contributed by atoms with E-state index < -0.39 is 0 Å². The van der Waals surface area contributed by atoms with E-state index in [-0.39, 0.29) is 0 Å². The zero-order valence-corrected chi connectivity index (χ0v) is 13.4. The minimum Gasteiger partial charge on any atom is -0.309 e. The van der Waals surface area contributed by atoms with Crippen molar-refractivity contribution in [1.82, 2.24) is 5.32 Å². The van der Waals surface area contributed by atoms with Crippen LogP contribution in [0.2, 0.25) is 0 Å². The van der Waals surface area contributed by atoms with Crippen molar-refractivity contribution in [2.75, 3.05) is 6.54 Å². The van der Waals surface area contributed by atoms with Gasteiger partial charge in [0, 0.05) is 15.8 Å². The Kier molecular flexibility index (Phi) is 3.95. The van der Waals surface area contributed by atoms with E-state index >= 15 is 0 Å². The van der Waals surface area contributed by atoms with Crippen molar-refractivity contribution in [2.45, 2.75) is 39.7 Å². The third kappa shape index (κ3) is 2.82. The zero-order chi connectivity index (χ0) is 14.1. The van der Waals surface area contributed by atoms with Crippen molar-refractivity contribution in [1.29, 1.82) is 0 Å². The first kappa shape index (κ1) is 13.8. The second-order valence-corrected chi connectivity index (χ2v) is 7.01. The van der Waals surface area contributed by atoms with Crippen molar-refractivity contribution in [3.05, 3.63) is 46.3 Å². The summed E-state index contributed by atoms with van der Waals surface area (Å²) >= 11 is 1.96. The molecule has 106 valence electrons. The van der Waals surface area contributed by atoms with Crippen LogP contribution in [-0.2, 0) is 0 Å². The average molecular weight is 285 g/mol. The maximum Gasteiger partial charge on any atom is 0.0443 e. The van der Waals surface area contributed by atoms with Gasteiger partial charge in [0.15, 0.2) is 0 Å². The fourth-order valence-corrected chi connectivity index (χ4v) is 4.07. The molecule has 0 amide bonds. The summed E-state index contributed by atoms with van der Waals surface area (Å²) in [5.74, 6) is 0.861. The fourth-order valence-electron chi connectivity index (χ4n) is 2.82. The lowest BCUT2D eigenvalue weighted by atomic mass is 10.0. The van der Waals surface area contributed by atoms with Crippen LogP contribution in [0.1, 0.15) is 41.8 Å². The minimum absolute atomic E-state index is 0.573. The Labute approximate surface area is 126 Å². The van der Waals surface area contributed by atoms with Crippen LogP contribution >= 0.6 is 11.3 Å². The van der Waals surface area contributed by atoms with Gasteiger partial charge in [-0.1, -0.05) is 30.7 Å². The molecule has 0 radical (unpaired) electrons. The number of hydrogen-bond donors (Lipinski definition) is 1. The van der Waals surface area contributed by atoms with Crippen LogP contribution in [0.3, 0.4) is 0 Å². The van der Waals surface area contributed by atoms with Crippen LogP contribution in [0.25, 0.3) is 10.4 Å². The quantitative estimate of drug-likeness (QED) is 0.806. The number of aryl methyl sites for hydroxylation is 2. The van der Waals surface area contributed by atoms with Gasteiger partial charge in [-0.15, -0.1) is 11.3 Å². The molecule has 2 heteroatoms. The predicted molar refractivity (Wildman–Crippen MR) is 88.4 cm³/mol. The highest BCUT2D eigenvalue weighted by atomic mass is 32.1. The summed E-state index contributed by atoms with van der Waals surface area (Å²) in [6.45, 7) is 7.63. The Balaban J connectivity index is 1.90. The second-order valence-electron chi connectivity index (χ2n) is 5.89. The Morgan fingerprint density at radius 2 is 2.00 bits per heavy atom. The Morgan fingerprint density at radius 1 is 1.20 bits per heavy atom. The van der Waals surface area contributed by atoms with Gasteiger partial charge in [0.1, 0.15) is 0 Å². The summed E-state index contributed by atoms with van der Waals surface area (Å²) < 4.78 is 0. The van der Waals surface area contributed by atoms with E-state index in [1.165, 1.54) is 39.3 Å². The van der Waals surface area contributed by atoms with Crippen molar-refractivity contribution in [3.8, 4) is 10.4 Å². The third-order valence-corrected chi connectivity index (χ3v) is 5.31. The SMILES string of the molecule is CCNC(c1ccc(-c2cc(C)ccc2C)s1)C1CC1. The summed E-state index contributed by atoms with van der Waals surface area (Å²) in [6, 6.07) is 11.9. The van der Waals surface area contributed by atoms with Crippen molar-refractivity contribution >= 4 is 11.3 Å². The summed E-state index contributed by atoms with van der Waals surface area (Å²) in [4.78, 5) is 2.91. The molecule has 1 aliphatic carbocycles. The lowest BCUT2D eigenvalue weighted by molar-refractivity contribution is 0.504. The Bertz CT molecular complexity index is 595. The average Bonchev–Trinajstić information content (AvgIpc) is 3.16. The van der Waals surface area contributed by atoms with Gasteiger partial charge in [-0.25, -0.2) is 0 Å². The van der Waals surface area contributed by atoms with Gasteiger partial charge in [0.05, 0.1) is 0 Å².